The first kappa shape index (κ1) is 25.2. The van der Waals surface area contributed by atoms with Gasteiger partial charge in [0, 0.05) is 12.1 Å². The molecule has 182 valence electrons. The number of carbonyl (C=O) groups is 1. The van der Waals surface area contributed by atoms with Crippen molar-refractivity contribution in [2.75, 3.05) is 32.4 Å². The lowest BCUT2D eigenvalue weighted by atomic mass is 10.2. The predicted molar refractivity (Wildman–Crippen MR) is 131 cm³/mol. The normalized spacial score (nSPS) is 11.7. The molecule has 0 saturated carbocycles. The fourth-order valence-electron chi connectivity index (χ4n) is 3.29. The van der Waals surface area contributed by atoms with E-state index in [1.807, 2.05) is 49.6 Å². The van der Waals surface area contributed by atoms with Crippen LogP contribution in [0.5, 0.6) is 23.0 Å². The molecule has 1 N–H and O–H groups in total. The average molecular weight is 487 g/mol. The van der Waals surface area contributed by atoms with Crippen molar-refractivity contribution >= 4 is 23.4 Å². The van der Waals surface area contributed by atoms with E-state index in [2.05, 4.69) is 15.5 Å². The Morgan fingerprint density at radius 2 is 1.59 bits per heavy atom. The number of aromatic nitrogens is 3. The Balaban J connectivity index is 1.69. The van der Waals surface area contributed by atoms with Gasteiger partial charge in [-0.25, -0.2) is 0 Å². The molecule has 1 atom stereocenters. The Bertz CT molecular complexity index is 1100. The molecule has 0 fully saturated rings. The molecule has 0 spiro atoms. The molecule has 3 rings (SSSR count). The van der Waals surface area contributed by atoms with Crippen LogP contribution in [0.15, 0.2) is 47.6 Å². The Labute approximate surface area is 203 Å². The number of thioether (sulfide) groups is 1. The van der Waals surface area contributed by atoms with Gasteiger partial charge in [-0.2, -0.15) is 0 Å². The molecular formula is C24H30N4O5S. The van der Waals surface area contributed by atoms with Crippen molar-refractivity contribution in [3.05, 3.63) is 48.3 Å². The Morgan fingerprint density at radius 3 is 2.21 bits per heavy atom. The second-order valence-electron chi connectivity index (χ2n) is 7.64. The van der Waals surface area contributed by atoms with Crippen molar-refractivity contribution in [2.45, 2.75) is 38.1 Å². The smallest absolute Gasteiger partial charge is 0.234 e. The van der Waals surface area contributed by atoms with Crippen molar-refractivity contribution in [2.24, 2.45) is 0 Å². The SMILES string of the molecule is COc1ccc(OC(C)c2nnc(SCC(=O)Nc3cc(OC)ccc3OC)n2C(C)C)cc1. The Kier molecular flexibility index (Phi) is 8.64. The zero-order valence-corrected chi connectivity index (χ0v) is 21.0. The van der Waals surface area contributed by atoms with E-state index in [0.717, 1.165) is 5.75 Å². The highest BCUT2D eigenvalue weighted by atomic mass is 32.2. The largest absolute Gasteiger partial charge is 0.497 e. The molecule has 3 aromatic rings. The predicted octanol–water partition coefficient (Wildman–Crippen LogP) is 4.76. The summed E-state index contributed by atoms with van der Waals surface area (Å²) in [5, 5.41) is 12.2. The minimum atomic E-state index is -0.340. The summed E-state index contributed by atoms with van der Waals surface area (Å²) in [5.41, 5.74) is 0.542. The third-order valence-electron chi connectivity index (χ3n) is 4.96. The maximum absolute atomic E-state index is 12.6. The molecule has 0 radical (unpaired) electrons. The van der Waals surface area contributed by atoms with Gasteiger partial charge in [0.25, 0.3) is 0 Å². The third-order valence-corrected chi connectivity index (χ3v) is 5.90. The van der Waals surface area contributed by atoms with E-state index in [1.54, 1.807) is 39.5 Å². The van der Waals surface area contributed by atoms with Gasteiger partial charge in [-0.3, -0.25) is 4.79 Å². The van der Waals surface area contributed by atoms with Crippen LogP contribution in [0.1, 0.15) is 38.7 Å². The van der Waals surface area contributed by atoms with Crippen molar-refractivity contribution in [3.63, 3.8) is 0 Å². The van der Waals surface area contributed by atoms with Crippen LogP contribution < -0.4 is 24.3 Å². The Morgan fingerprint density at radius 1 is 0.941 bits per heavy atom. The molecule has 1 aromatic heterocycles. The first-order valence-corrected chi connectivity index (χ1v) is 11.7. The lowest BCUT2D eigenvalue weighted by Gasteiger charge is -2.19. The maximum Gasteiger partial charge on any atom is 0.234 e. The molecule has 0 aliphatic rings. The zero-order chi connectivity index (χ0) is 24.7. The number of carbonyl (C=O) groups excluding carboxylic acids is 1. The number of hydrogen-bond acceptors (Lipinski definition) is 8. The average Bonchev–Trinajstić information content (AvgIpc) is 3.27. The van der Waals surface area contributed by atoms with E-state index in [4.69, 9.17) is 18.9 Å². The number of nitrogens with one attached hydrogen (secondary N) is 1. The van der Waals surface area contributed by atoms with E-state index in [0.29, 0.717) is 33.9 Å². The summed E-state index contributed by atoms with van der Waals surface area (Å²) in [6, 6.07) is 12.7. The molecule has 34 heavy (non-hydrogen) atoms. The number of nitrogens with zero attached hydrogens (tertiary/aromatic N) is 3. The molecule has 9 nitrogen and oxygen atoms in total. The van der Waals surface area contributed by atoms with Crippen LogP contribution in [-0.4, -0.2) is 47.8 Å². The van der Waals surface area contributed by atoms with Gasteiger partial charge < -0.3 is 28.8 Å². The number of hydrogen-bond donors (Lipinski definition) is 1. The molecule has 10 heteroatoms. The first-order valence-electron chi connectivity index (χ1n) is 10.8. The number of amides is 1. The standard InChI is InChI=1S/C24H30N4O5S/c1-15(2)28-23(16(3)33-18-9-7-17(30-4)8-10-18)26-27-24(28)34-14-22(29)25-20-13-19(31-5)11-12-21(20)32-6/h7-13,15-16H,14H2,1-6H3,(H,25,29). The lowest BCUT2D eigenvalue weighted by Crippen LogP contribution is -2.17. The molecule has 0 saturated heterocycles. The molecule has 2 aromatic carbocycles. The van der Waals surface area contributed by atoms with Gasteiger partial charge in [-0.05, 0) is 57.2 Å². The second-order valence-corrected chi connectivity index (χ2v) is 8.59. The number of benzene rings is 2. The quantitative estimate of drug-likeness (QED) is 0.388. The summed E-state index contributed by atoms with van der Waals surface area (Å²) < 4.78 is 23.8. The van der Waals surface area contributed by atoms with Crippen LogP contribution in [-0.2, 0) is 4.79 Å². The Hall–Kier alpha value is -3.40. The summed E-state index contributed by atoms with van der Waals surface area (Å²) in [6.07, 6.45) is -0.340. The highest BCUT2D eigenvalue weighted by Gasteiger charge is 2.22. The molecule has 1 heterocycles. The van der Waals surface area contributed by atoms with E-state index in [9.17, 15) is 4.79 Å². The van der Waals surface area contributed by atoms with Crippen LogP contribution in [0.25, 0.3) is 0 Å². The highest BCUT2D eigenvalue weighted by Crippen LogP contribution is 2.31. The summed E-state index contributed by atoms with van der Waals surface area (Å²) in [5.74, 6) is 3.28. The third kappa shape index (κ3) is 6.13. The fraction of sp³-hybridized carbons (Fsp3) is 0.375. The van der Waals surface area contributed by atoms with E-state index < -0.39 is 0 Å². The van der Waals surface area contributed by atoms with Gasteiger partial charge in [-0.1, -0.05) is 11.8 Å². The molecule has 0 bridgehead atoms. The van der Waals surface area contributed by atoms with E-state index >= 15 is 0 Å². The van der Waals surface area contributed by atoms with E-state index in [1.165, 1.54) is 11.8 Å². The van der Waals surface area contributed by atoms with Crippen LogP contribution >= 0.6 is 11.8 Å². The van der Waals surface area contributed by atoms with E-state index in [-0.39, 0.29) is 23.8 Å². The van der Waals surface area contributed by atoms with Crippen molar-refractivity contribution in [1.82, 2.24) is 14.8 Å². The van der Waals surface area contributed by atoms with Crippen molar-refractivity contribution in [3.8, 4) is 23.0 Å². The zero-order valence-electron chi connectivity index (χ0n) is 20.2. The number of rotatable bonds is 11. The van der Waals surface area contributed by atoms with Crippen LogP contribution in [0.3, 0.4) is 0 Å². The first-order chi connectivity index (χ1) is 16.4. The van der Waals surface area contributed by atoms with Crippen LogP contribution in [0.2, 0.25) is 0 Å². The molecule has 0 aliphatic carbocycles. The van der Waals surface area contributed by atoms with Gasteiger partial charge >= 0.3 is 0 Å². The number of anilines is 1. The summed E-state index contributed by atoms with van der Waals surface area (Å²) in [6.45, 7) is 6.00. The molecule has 0 aliphatic heterocycles. The van der Waals surface area contributed by atoms with Crippen LogP contribution in [0, 0.1) is 0 Å². The fourth-order valence-corrected chi connectivity index (χ4v) is 4.16. The van der Waals surface area contributed by atoms with Gasteiger partial charge in [0.1, 0.15) is 23.0 Å². The minimum Gasteiger partial charge on any atom is -0.497 e. The lowest BCUT2D eigenvalue weighted by molar-refractivity contribution is -0.113. The summed E-state index contributed by atoms with van der Waals surface area (Å²) >= 11 is 1.31. The van der Waals surface area contributed by atoms with Crippen molar-refractivity contribution in [1.29, 1.82) is 0 Å². The summed E-state index contributed by atoms with van der Waals surface area (Å²) in [7, 11) is 4.74. The van der Waals surface area contributed by atoms with Crippen molar-refractivity contribution < 1.29 is 23.7 Å². The van der Waals surface area contributed by atoms with Gasteiger partial charge in [0.15, 0.2) is 17.1 Å². The molecule has 1 amide bonds. The van der Waals surface area contributed by atoms with Gasteiger partial charge in [0.2, 0.25) is 5.91 Å². The number of ether oxygens (including phenoxy) is 4. The highest BCUT2D eigenvalue weighted by molar-refractivity contribution is 7.99. The molecular weight excluding hydrogens is 456 g/mol. The van der Waals surface area contributed by atoms with Gasteiger partial charge in [0.05, 0.1) is 32.8 Å². The number of methoxy groups -OCH3 is 3. The second kappa shape index (κ2) is 11.6. The van der Waals surface area contributed by atoms with Crippen LogP contribution in [0.4, 0.5) is 5.69 Å². The minimum absolute atomic E-state index is 0.0796. The van der Waals surface area contributed by atoms with Gasteiger partial charge in [-0.15, -0.1) is 10.2 Å². The topological polar surface area (TPSA) is 96.7 Å². The summed E-state index contributed by atoms with van der Waals surface area (Å²) in [4.78, 5) is 12.6. The molecule has 1 unspecified atom stereocenters. The monoisotopic (exact) mass is 486 g/mol. The maximum atomic E-state index is 12.6.